The Bertz CT molecular complexity index is 947. The van der Waals surface area contributed by atoms with Crippen LogP contribution in [0.1, 0.15) is 41.0 Å². The average molecular weight is 431 g/mol. The molecule has 0 spiro atoms. The van der Waals surface area contributed by atoms with Gasteiger partial charge in [0.15, 0.2) is 17.8 Å². The van der Waals surface area contributed by atoms with Gasteiger partial charge >= 0.3 is 6.61 Å². The zero-order valence-electron chi connectivity index (χ0n) is 17.6. The van der Waals surface area contributed by atoms with E-state index in [2.05, 4.69) is 10.3 Å². The number of methoxy groups -OCH3 is 1. The summed E-state index contributed by atoms with van der Waals surface area (Å²) in [6.07, 6.45) is 3.16. The van der Waals surface area contributed by atoms with E-state index in [9.17, 15) is 13.6 Å². The van der Waals surface area contributed by atoms with Gasteiger partial charge in [-0.1, -0.05) is 30.3 Å². The number of rotatable bonds is 10. The van der Waals surface area contributed by atoms with Crippen molar-refractivity contribution < 1.29 is 23.0 Å². The molecule has 3 N–H and O–H groups in total. The number of nitrogens with two attached hydrogens (primary N) is 1. The molecule has 0 unspecified atom stereocenters. The molecule has 6 nitrogen and oxygen atoms in total. The molecule has 8 heteroatoms. The van der Waals surface area contributed by atoms with E-state index in [1.165, 1.54) is 6.07 Å². The first-order valence-corrected chi connectivity index (χ1v) is 10.1. The van der Waals surface area contributed by atoms with Gasteiger partial charge in [-0.3, -0.25) is 4.79 Å². The largest absolute Gasteiger partial charge is 0.435 e. The molecular formula is C23H27F2N3O3. The van der Waals surface area contributed by atoms with Gasteiger partial charge in [0.05, 0.1) is 6.61 Å². The van der Waals surface area contributed by atoms with Crippen LogP contribution in [0.25, 0.3) is 0 Å². The number of carbonyl (C=O) groups excluding carboxylic acids is 1. The second-order valence-corrected chi connectivity index (χ2v) is 7.48. The molecular weight excluding hydrogens is 404 g/mol. The molecule has 0 heterocycles. The normalized spacial score (nSPS) is 16.1. The Kier molecular flexibility index (Phi) is 7.22. The van der Waals surface area contributed by atoms with Crippen molar-refractivity contribution in [2.75, 3.05) is 20.8 Å². The van der Waals surface area contributed by atoms with Crippen molar-refractivity contribution in [2.45, 2.75) is 37.3 Å². The van der Waals surface area contributed by atoms with Crippen LogP contribution in [0.15, 0.2) is 47.5 Å². The van der Waals surface area contributed by atoms with E-state index in [1.807, 2.05) is 18.2 Å². The molecule has 1 saturated carbocycles. The molecule has 0 aliphatic heterocycles. The Morgan fingerprint density at radius 2 is 2.03 bits per heavy atom. The second-order valence-electron chi connectivity index (χ2n) is 7.48. The smallest absolute Gasteiger partial charge is 0.387 e. The van der Waals surface area contributed by atoms with E-state index in [4.69, 9.17) is 15.2 Å². The summed E-state index contributed by atoms with van der Waals surface area (Å²) in [6, 6.07) is 12.3. The molecule has 2 aromatic carbocycles. The number of carbonyl (C=O) groups is 1. The first-order chi connectivity index (χ1) is 14.9. The summed E-state index contributed by atoms with van der Waals surface area (Å²) in [5.41, 5.74) is 7.31. The summed E-state index contributed by atoms with van der Waals surface area (Å²) in [6.45, 7) is -2.39. The average Bonchev–Trinajstić information content (AvgIpc) is 3.61. The van der Waals surface area contributed by atoms with Gasteiger partial charge in [-0.15, -0.1) is 0 Å². The minimum Gasteiger partial charge on any atom is -0.435 e. The highest BCUT2D eigenvalue weighted by atomic mass is 19.3. The van der Waals surface area contributed by atoms with Crippen molar-refractivity contribution in [3.8, 4) is 5.75 Å². The number of aldehydes is 1. The van der Waals surface area contributed by atoms with E-state index in [0.29, 0.717) is 29.7 Å². The van der Waals surface area contributed by atoms with Gasteiger partial charge in [0.2, 0.25) is 0 Å². The minimum absolute atomic E-state index is 0.0790. The monoisotopic (exact) mass is 431 g/mol. The first kappa shape index (κ1) is 22.7. The maximum atomic E-state index is 12.9. The van der Waals surface area contributed by atoms with Gasteiger partial charge in [-0.2, -0.15) is 8.78 Å². The fourth-order valence-corrected chi connectivity index (χ4v) is 3.59. The number of aliphatic imine (C=N–C) groups is 1. The maximum absolute atomic E-state index is 12.9. The van der Waals surface area contributed by atoms with Crippen molar-refractivity contribution in [3.05, 3.63) is 64.7 Å². The van der Waals surface area contributed by atoms with Crippen molar-refractivity contribution in [2.24, 2.45) is 10.7 Å². The fourth-order valence-electron chi connectivity index (χ4n) is 3.59. The third-order valence-corrected chi connectivity index (χ3v) is 5.37. The van der Waals surface area contributed by atoms with Gasteiger partial charge in [0.25, 0.3) is 0 Å². The van der Waals surface area contributed by atoms with E-state index >= 15 is 0 Å². The highest BCUT2D eigenvalue weighted by molar-refractivity contribution is 5.84. The lowest BCUT2D eigenvalue weighted by Crippen LogP contribution is -2.36. The van der Waals surface area contributed by atoms with Crippen LogP contribution < -0.4 is 15.8 Å². The first-order valence-electron chi connectivity index (χ1n) is 10.1. The number of ether oxygens (including phenoxy) is 2. The third-order valence-electron chi connectivity index (χ3n) is 5.37. The summed E-state index contributed by atoms with van der Waals surface area (Å²) in [4.78, 5) is 17.1. The molecule has 0 aromatic heterocycles. The maximum Gasteiger partial charge on any atom is 0.387 e. The molecule has 0 saturated heterocycles. The highest BCUT2D eigenvalue weighted by Crippen LogP contribution is 2.46. The molecule has 3 rings (SSSR count). The Morgan fingerprint density at radius 3 is 2.65 bits per heavy atom. The lowest BCUT2D eigenvalue weighted by Gasteiger charge is -2.27. The van der Waals surface area contributed by atoms with Crippen LogP contribution in [0.3, 0.4) is 0 Å². The zero-order chi connectivity index (χ0) is 22.4. The quantitative estimate of drug-likeness (QED) is 0.342. The Balaban J connectivity index is 2.16. The number of benzene rings is 2. The van der Waals surface area contributed by atoms with Crippen molar-refractivity contribution in [1.29, 1.82) is 0 Å². The number of hydrogen-bond donors (Lipinski definition) is 2. The second kappa shape index (κ2) is 9.87. The molecule has 1 aliphatic carbocycles. The summed E-state index contributed by atoms with van der Waals surface area (Å²) >= 11 is 0. The minimum atomic E-state index is -2.92. The van der Waals surface area contributed by atoms with E-state index in [-0.39, 0.29) is 17.6 Å². The van der Waals surface area contributed by atoms with Gasteiger partial charge in [-0.25, -0.2) is 4.99 Å². The molecule has 0 bridgehead atoms. The van der Waals surface area contributed by atoms with E-state index in [1.54, 1.807) is 32.4 Å². The molecule has 1 atom stereocenters. The number of halogens is 2. The SMILES string of the molecule is CN/C(N)=N\[C@](C=O)(c1cccc(CCOC)c1)c1ccc(OC(F)F)c(C2CC2)c1. The topological polar surface area (TPSA) is 85.9 Å². The Morgan fingerprint density at radius 1 is 1.29 bits per heavy atom. The molecule has 0 amide bonds. The molecule has 166 valence electrons. The van der Waals surface area contributed by atoms with Gasteiger partial charge in [0, 0.05) is 14.2 Å². The van der Waals surface area contributed by atoms with Gasteiger partial charge in [-0.05, 0) is 59.6 Å². The number of nitrogens with one attached hydrogen (secondary N) is 1. The lowest BCUT2D eigenvalue weighted by molar-refractivity contribution is -0.111. The number of nitrogens with zero attached hydrogens (tertiary/aromatic N) is 1. The summed E-state index contributed by atoms with van der Waals surface area (Å²) in [5, 5.41) is 2.76. The fraction of sp³-hybridized carbons (Fsp3) is 0.391. The van der Waals surface area contributed by atoms with Crippen LogP contribution in [0.4, 0.5) is 8.78 Å². The molecule has 31 heavy (non-hydrogen) atoms. The number of guanidine groups is 1. The van der Waals surface area contributed by atoms with Crippen LogP contribution >= 0.6 is 0 Å². The molecule has 1 aliphatic rings. The number of hydrogen-bond acceptors (Lipinski definition) is 4. The zero-order valence-corrected chi connectivity index (χ0v) is 17.6. The number of alkyl halides is 2. The molecule has 1 fully saturated rings. The molecule has 0 radical (unpaired) electrons. The summed E-state index contributed by atoms with van der Waals surface area (Å²) in [5.74, 6) is 0.326. The Hall–Kier alpha value is -3.00. The van der Waals surface area contributed by atoms with Crippen LogP contribution in [0.2, 0.25) is 0 Å². The highest BCUT2D eigenvalue weighted by Gasteiger charge is 2.37. The van der Waals surface area contributed by atoms with Crippen molar-refractivity contribution >= 4 is 12.2 Å². The van der Waals surface area contributed by atoms with Crippen LogP contribution in [0, 0.1) is 0 Å². The van der Waals surface area contributed by atoms with Crippen molar-refractivity contribution in [3.63, 3.8) is 0 Å². The Labute approximate surface area is 180 Å². The molecule has 2 aromatic rings. The van der Waals surface area contributed by atoms with Crippen LogP contribution in [-0.2, 0) is 21.5 Å². The summed E-state index contributed by atoms with van der Waals surface area (Å²) < 4.78 is 35.6. The van der Waals surface area contributed by atoms with Crippen LogP contribution in [-0.4, -0.2) is 39.6 Å². The van der Waals surface area contributed by atoms with Crippen LogP contribution in [0.5, 0.6) is 5.75 Å². The standard InChI is InChI=1S/C23H27F2N3O3/c1-27-22(26)28-23(14-29,17-5-3-4-15(12-17)10-11-30-2)18-8-9-20(31-21(24)25)19(13-18)16-6-7-16/h3-5,8-9,12-14,16,21H,6-7,10-11H2,1-2H3,(H3,26,27,28)/t23-/m1/s1. The summed E-state index contributed by atoms with van der Waals surface area (Å²) in [7, 11) is 3.23. The van der Waals surface area contributed by atoms with Crippen molar-refractivity contribution in [1.82, 2.24) is 5.32 Å². The third kappa shape index (κ3) is 5.19. The van der Waals surface area contributed by atoms with Gasteiger partial charge < -0.3 is 20.5 Å². The van der Waals surface area contributed by atoms with E-state index < -0.39 is 12.2 Å². The van der Waals surface area contributed by atoms with E-state index in [0.717, 1.165) is 24.7 Å². The predicted octanol–water partition coefficient (Wildman–Crippen LogP) is 3.33. The lowest BCUT2D eigenvalue weighted by atomic mass is 9.82. The van der Waals surface area contributed by atoms with Gasteiger partial charge in [0.1, 0.15) is 5.75 Å². The predicted molar refractivity (Wildman–Crippen MR) is 115 cm³/mol.